The van der Waals surface area contributed by atoms with Gasteiger partial charge in [0, 0.05) is 23.7 Å². The Morgan fingerprint density at radius 2 is 1.86 bits per heavy atom. The van der Waals surface area contributed by atoms with Crippen molar-refractivity contribution in [2.24, 2.45) is 5.92 Å². The number of hydrogen-bond donors (Lipinski definition) is 0. The second-order valence-corrected chi connectivity index (χ2v) is 6.37. The van der Waals surface area contributed by atoms with Crippen LogP contribution in [0.15, 0.2) is 60.8 Å². The molecule has 0 saturated carbocycles. The van der Waals surface area contributed by atoms with Gasteiger partial charge >= 0.3 is 11.9 Å². The van der Waals surface area contributed by atoms with Crippen molar-refractivity contribution in [2.45, 2.75) is 12.8 Å². The van der Waals surface area contributed by atoms with Crippen LogP contribution in [0, 0.1) is 11.7 Å². The van der Waals surface area contributed by atoms with Gasteiger partial charge in [-0.25, -0.2) is 9.37 Å². The van der Waals surface area contributed by atoms with Crippen molar-refractivity contribution in [3.05, 3.63) is 72.3 Å². The van der Waals surface area contributed by atoms with Crippen LogP contribution >= 0.6 is 0 Å². The average molecular weight is 396 g/mol. The summed E-state index contributed by atoms with van der Waals surface area (Å²) in [5.41, 5.74) is 1.74. The minimum Gasteiger partial charge on any atom is -0.468 e. The van der Waals surface area contributed by atoms with Crippen molar-refractivity contribution in [1.29, 1.82) is 0 Å². The van der Waals surface area contributed by atoms with Crippen LogP contribution in [0.25, 0.3) is 16.7 Å². The lowest BCUT2D eigenvalue weighted by Gasteiger charge is -2.10. The van der Waals surface area contributed by atoms with Crippen LogP contribution in [0.1, 0.15) is 12.1 Å². The average Bonchev–Trinajstić information content (AvgIpc) is 3.10. The fourth-order valence-corrected chi connectivity index (χ4v) is 3.16. The molecule has 0 aliphatic rings. The molecule has 0 N–H and O–H groups in total. The molecule has 0 saturated heterocycles. The number of carbonyl (C=O) groups excluding carboxylic acids is 2. The van der Waals surface area contributed by atoms with Gasteiger partial charge < -0.3 is 9.47 Å². The van der Waals surface area contributed by atoms with Crippen LogP contribution in [0.4, 0.5) is 4.39 Å². The minimum absolute atomic E-state index is 0.164. The van der Waals surface area contributed by atoms with E-state index < -0.39 is 17.9 Å². The Labute approximate surface area is 167 Å². The van der Waals surface area contributed by atoms with E-state index in [1.54, 1.807) is 18.3 Å². The van der Waals surface area contributed by atoms with E-state index in [0.29, 0.717) is 6.42 Å². The van der Waals surface area contributed by atoms with Crippen molar-refractivity contribution >= 4 is 22.8 Å². The maximum atomic E-state index is 13.7. The highest BCUT2D eigenvalue weighted by Crippen LogP contribution is 2.25. The van der Waals surface area contributed by atoms with Crippen LogP contribution in [-0.2, 0) is 25.5 Å². The lowest BCUT2D eigenvalue weighted by atomic mass is 10.1. The molecule has 2 heterocycles. The fourth-order valence-electron chi connectivity index (χ4n) is 3.16. The van der Waals surface area contributed by atoms with Crippen LogP contribution in [0.3, 0.4) is 0 Å². The van der Waals surface area contributed by atoms with Crippen molar-refractivity contribution in [3.63, 3.8) is 0 Å². The third-order valence-corrected chi connectivity index (χ3v) is 4.56. The predicted octanol–water partition coefficient (Wildman–Crippen LogP) is 3.62. The maximum Gasteiger partial charge on any atom is 0.320 e. The Balaban J connectivity index is 1.87. The normalized spacial score (nSPS) is 11.3. The summed E-state index contributed by atoms with van der Waals surface area (Å²) >= 11 is 0. The molecule has 3 aromatic rings. The van der Waals surface area contributed by atoms with E-state index in [1.807, 2.05) is 34.9 Å². The molecule has 3 rings (SSSR count). The molecule has 0 aliphatic carbocycles. The minimum atomic E-state index is -1.00. The molecule has 0 bridgehead atoms. The fraction of sp³-hybridized carbons (Fsp3) is 0.227. The standard InChI is InChI=1S/C22H21FN2O4/c1-28-21(26)18(22(27)29-2)8-4-3-7-17-14-15-13-16(23)10-11-19(15)25(17)20-9-5-6-12-24-20/h3-6,9-14,18H,7-8H2,1-2H3/b4-3+. The Bertz CT molecular complexity index is 1030. The first-order valence-electron chi connectivity index (χ1n) is 9.07. The molecule has 1 aromatic carbocycles. The third kappa shape index (κ3) is 4.51. The zero-order chi connectivity index (χ0) is 20.8. The monoisotopic (exact) mass is 396 g/mol. The van der Waals surface area contributed by atoms with Gasteiger partial charge in [-0.2, -0.15) is 0 Å². The molecule has 150 valence electrons. The third-order valence-electron chi connectivity index (χ3n) is 4.56. The van der Waals surface area contributed by atoms with Gasteiger partial charge in [0.05, 0.1) is 19.7 Å². The molecular weight excluding hydrogens is 375 g/mol. The van der Waals surface area contributed by atoms with E-state index in [9.17, 15) is 14.0 Å². The molecule has 0 aliphatic heterocycles. The van der Waals surface area contributed by atoms with Crippen LogP contribution < -0.4 is 0 Å². The number of methoxy groups -OCH3 is 2. The summed E-state index contributed by atoms with van der Waals surface area (Å²) in [5.74, 6) is -1.87. The predicted molar refractivity (Wildman–Crippen MR) is 106 cm³/mol. The summed E-state index contributed by atoms with van der Waals surface area (Å²) in [6, 6.07) is 12.1. The SMILES string of the molecule is COC(=O)C(C/C=C/Cc1cc2cc(F)ccc2n1-c1ccccn1)C(=O)OC. The summed E-state index contributed by atoms with van der Waals surface area (Å²) in [6.07, 6.45) is 5.95. The number of ether oxygens (including phenoxy) is 2. The molecule has 29 heavy (non-hydrogen) atoms. The summed E-state index contributed by atoms with van der Waals surface area (Å²) in [4.78, 5) is 27.9. The quantitative estimate of drug-likeness (QED) is 0.347. The summed E-state index contributed by atoms with van der Waals surface area (Å²) in [5, 5.41) is 0.765. The number of hydrogen-bond acceptors (Lipinski definition) is 5. The van der Waals surface area contributed by atoms with Gasteiger partial charge in [-0.05, 0) is 42.8 Å². The number of aromatic nitrogens is 2. The highest BCUT2D eigenvalue weighted by molar-refractivity contribution is 5.95. The summed E-state index contributed by atoms with van der Waals surface area (Å²) < 4.78 is 24.9. The zero-order valence-corrected chi connectivity index (χ0v) is 16.2. The first-order chi connectivity index (χ1) is 14.0. The molecule has 0 amide bonds. The lowest BCUT2D eigenvalue weighted by molar-refractivity contribution is -0.158. The number of benzene rings is 1. The molecule has 7 heteroatoms. The van der Waals surface area contributed by atoms with Gasteiger partial charge in [-0.15, -0.1) is 0 Å². The number of fused-ring (bicyclic) bond motifs is 1. The van der Waals surface area contributed by atoms with Crippen molar-refractivity contribution < 1.29 is 23.5 Å². The smallest absolute Gasteiger partial charge is 0.320 e. The first-order valence-corrected chi connectivity index (χ1v) is 9.07. The zero-order valence-electron chi connectivity index (χ0n) is 16.2. The number of esters is 2. The molecule has 0 radical (unpaired) electrons. The Hall–Kier alpha value is -3.48. The molecule has 0 atom stereocenters. The molecule has 0 unspecified atom stereocenters. The first kappa shape index (κ1) is 20.3. The number of allylic oxidation sites excluding steroid dienone is 2. The molecular formula is C22H21FN2O4. The van der Waals surface area contributed by atoms with Gasteiger partial charge in [0.2, 0.25) is 0 Å². The molecule has 0 spiro atoms. The van der Waals surface area contributed by atoms with E-state index in [4.69, 9.17) is 0 Å². The summed E-state index contributed by atoms with van der Waals surface area (Å²) in [7, 11) is 2.46. The molecule has 6 nitrogen and oxygen atoms in total. The Morgan fingerprint density at radius 3 is 2.52 bits per heavy atom. The lowest BCUT2D eigenvalue weighted by Crippen LogP contribution is -2.25. The second kappa shape index (κ2) is 9.14. The van der Waals surface area contributed by atoms with Gasteiger partial charge in [0.1, 0.15) is 11.6 Å². The van der Waals surface area contributed by atoms with Crippen molar-refractivity contribution in [2.75, 3.05) is 14.2 Å². The number of carbonyl (C=O) groups is 2. The number of pyridine rings is 1. The summed E-state index contributed by atoms with van der Waals surface area (Å²) in [6.45, 7) is 0. The Morgan fingerprint density at radius 1 is 1.10 bits per heavy atom. The van der Waals surface area contributed by atoms with E-state index in [1.165, 1.54) is 26.4 Å². The Kier molecular flexibility index (Phi) is 6.39. The van der Waals surface area contributed by atoms with Crippen molar-refractivity contribution in [1.82, 2.24) is 9.55 Å². The van der Waals surface area contributed by atoms with E-state index in [-0.39, 0.29) is 12.2 Å². The van der Waals surface area contributed by atoms with E-state index in [0.717, 1.165) is 22.4 Å². The van der Waals surface area contributed by atoms with Gasteiger partial charge in [0.15, 0.2) is 5.92 Å². The second-order valence-electron chi connectivity index (χ2n) is 6.37. The molecule has 0 fully saturated rings. The van der Waals surface area contributed by atoms with E-state index in [2.05, 4.69) is 14.5 Å². The van der Waals surface area contributed by atoms with Crippen molar-refractivity contribution in [3.8, 4) is 5.82 Å². The number of halogens is 1. The van der Waals surface area contributed by atoms with Crippen LogP contribution in [-0.4, -0.2) is 35.7 Å². The maximum absolute atomic E-state index is 13.7. The number of rotatable bonds is 7. The van der Waals surface area contributed by atoms with Crippen LogP contribution in [0.2, 0.25) is 0 Å². The topological polar surface area (TPSA) is 70.4 Å². The largest absolute Gasteiger partial charge is 0.468 e. The highest BCUT2D eigenvalue weighted by Gasteiger charge is 2.27. The van der Waals surface area contributed by atoms with Crippen LogP contribution in [0.5, 0.6) is 0 Å². The van der Waals surface area contributed by atoms with Gasteiger partial charge in [-0.3, -0.25) is 14.2 Å². The number of nitrogens with zero attached hydrogens (tertiary/aromatic N) is 2. The van der Waals surface area contributed by atoms with Gasteiger partial charge in [-0.1, -0.05) is 18.2 Å². The van der Waals surface area contributed by atoms with E-state index >= 15 is 0 Å². The molecule has 2 aromatic heterocycles. The van der Waals surface area contributed by atoms with Gasteiger partial charge in [0.25, 0.3) is 0 Å². The highest BCUT2D eigenvalue weighted by atomic mass is 19.1.